The van der Waals surface area contributed by atoms with E-state index in [1.807, 2.05) is 12.1 Å². The van der Waals surface area contributed by atoms with Gasteiger partial charge in [-0.15, -0.1) is 0 Å². The van der Waals surface area contributed by atoms with Crippen LogP contribution in [0.15, 0.2) is 48.8 Å². The smallest absolute Gasteiger partial charge is 0.227 e. The van der Waals surface area contributed by atoms with E-state index in [1.165, 1.54) is 0 Å². The first-order valence-electron chi connectivity index (χ1n) is 7.36. The minimum absolute atomic E-state index is 0.0474. The van der Waals surface area contributed by atoms with E-state index in [-0.39, 0.29) is 24.2 Å². The molecule has 118 valence electrons. The molecule has 0 aliphatic carbocycles. The van der Waals surface area contributed by atoms with Crippen LogP contribution in [0.2, 0.25) is 5.02 Å². The summed E-state index contributed by atoms with van der Waals surface area (Å²) in [5.74, 6) is -0.498. The maximum atomic E-state index is 12.3. The summed E-state index contributed by atoms with van der Waals surface area (Å²) >= 11 is 5.86. The number of carbonyl (C=O) groups is 2. The summed E-state index contributed by atoms with van der Waals surface area (Å²) in [5, 5.41) is 3.48. The zero-order chi connectivity index (χ0) is 16.2. The molecule has 3 rings (SSSR count). The maximum absolute atomic E-state index is 12.3. The number of rotatable bonds is 4. The van der Waals surface area contributed by atoms with E-state index in [4.69, 9.17) is 11.6 Å². The van der Waals surface area contributed by atoms with Crippen molar-refractivity contribution in [1.82, 2.24) is 10.3 Å². The van der Waals surface area contributed by atoms with E-state index in [0.717, 1.165) is 11.3 Å². The number of aromatic nitrogens is 1. The first kappa shape index (κ1) is 15.5. The molecule has 0 bridgehead atoms. The Morgan fingerprint density at radius 2 is 2.09 bits per heavy atom. The first-order valence-corrected chi connectivity index (χ1v) is 7.74. The third-order valence-electron chi connectivity index (χ3n) is 3.82. The molecule has 1 aliphatic heterocycles. The Balaban J connectivity index is 1.60. The molecule has 1 fully saturated rings. The van der Waals surface area contributed by atoms with Crippen LogP contribution < -0.4 is 10.2 Å². The molecule has 1 aromatic heterocycles. The Hall–Kier alpha value is -2.40. The number of carbonyl (C=O) groups excluding carboxylic acids is 2. The van der Waals surface area contributed by atoms with Crippen LogP contribution >= 0.6 is 11.6 Å². The number of amides is 2. The molecule has 1 atom stereocenters. The largest absolute Gasteiger partial charge is 0.352 e. The van der Waals surface area contributed by atoms with Crippen molar-refractivity contribution in [3.63, 3.8) is 0 Å². The van der Waals surface area contributed by atoms with Crippen molar-refractivity contribution in [2.75, 3.05) is 11.4 Å². The predicted molar refractivity (Wildman–Crippen MR) is 88.0 cm³/mol. The Bertz CT molecular complexity index is 704. The maximum Gasteiger partial charge on any atom is 0.227 e. The minimum atomic E-state index is -0.338. The summed E-state index contributed by atoms with van der Waals surface area (Å²) in [6, 6.07) is 10.8. The number of hydrogen-bond donors (Lipinski definition) is 1. The lowest BCUT2D eigenvalue weighted by Gasteiger charge is -2.16. The highest BCUT2D eigenvalue weighted by Crippen LogP contribution is 2.26. The van der Waals surface area contributed by atoms with Crippen LogP contribution in [0.1, 0.15) is 12.0 Å². The summed E-state index contributed by atoms with van der Waals surface area (Å²) in [4.78, 5) is 30.1. The lowest BCUT2D eigenvalue weighted by Crippen LogP contribution is -2.32. The molecular formula is C17H16ClN3O2. The van der Waals surface area contributed by atoms with Gasteiger partial charge in [-0.1, -0.05) is 17.7 Å². The van der Waals surface area contributed by atoms with Gasteiger partial charge in [-0.25, -0.2) is 0 Å². The molecule has 0 radical (unpaired) electrons. The van der Waals surface area contributed by atoms with Crippen LogP contribution in [0.3, 0.4) is 0 Å². The minimum Gasteiger partial charge on any atom is -0.352 e. The SMILES string of the molecule is O=C(NCc1cccnc1)[C@H]1CC(=O)N(c2ccc(Cl)cc2)C1. The van der Waals surface area contributed by atoms with Gasteiger partial charge in [0, 0.05) is 42.6 Å². The fourth-order valence-electron chi connectivity index (χ4n) is 2.59. The standard InChI is InChI=1S/C17H16ClN3O2/c18-14-3-5-15(6-4-14)21-11-13(8-16(21)22)17(23)20-10-12-2-1-7-19-9-12/h1-7,9,13H,8,10-11H2,(H,20,23)/t13-/m0/s1. The summed E-state index contributed by atoms with van der Waals surface area (Å²) < 4.78 is 0. The van der Waals surface area contributed by atoms with Crippen molar-refractivity contribution < 1.29 is 9.59 Å². The van der Waals surface area contributed by atoms with Crippen LogP contribution in [0.25, 0.3) is 0 Å². The second-order valence-electron chi connectivity index (χ2n) is 5.46. The van der Waals surface area contributed by atoms with Crippen molar-refractivity contribution in [1.29, 1.82) is 0 Å². The molecule has 2 aromatic rings. The molecule has 1 aliphatic rings. The van der Waals surface area contributed by atoms with E-state index in [2.05, 4.69) is 10.3 Å². The molecule has 5 nitrogen and oxygen atoms in total. The van der Waals surface area contributed by atoms with E-state index in [0.29, 0.717) is 18.1 Å². The lowest BCUT2D eigenvalue weighted by atomic mass is 10.1. The Labute approximate surface area is 139 Å². The van der Waals surface area contributed by atoms with E-state index in [9.17, 15) is 9.59 Å². The molecule has 23 heavy (non-hydrogen) atoms. The monoisotopic (exact) mass is 329 g/mol. The summed E-state index contributed by atoms with van der Waals surface area (Å²) in [6.45, 7) is 0.803. The lowest BCUT2D eigenvalue weighted by molar-refractivity contribution is -0.126. The van der Waals surface area contributed by atoms with Gasteiger partial charge in [0.25, 0.3) is 0 Å². The van der Waals surface area contributed by atoms with Gasteiger partial charge in [-0.3, -0.25) is 14.6 Å². The van der Waals surface area contributed by atoms with Crippen LogP contribution in [0.5, 0.6) is 0 Å². The van der Waals surface area contributed by atoms with Gasteiger partial charge in [0.2, 0.25) is 11.8 Å². The van der Waals surface area contributed by atoms with Crippen molar-refractivity contribution in [2.24, 2.45) is 5.92 Å². The molecule has 1 N–H and O–H groups in total. The number of halogens is 1. The molecule has 1 aromatic carbocycles. The van der Waals surface area contributed by atoms with Crippen molar-refractivity contribution in [2.45, 2.75) is 13.0 Å². The van der Waals surface area contributed by atoms with Crippen LogP contribution in [0.4, 0.5) is 5.69 Å². The highest BCUT2D eigenvalue weighted by molar-refractivity contribution is 6.30. The quantitative estimate of drug-likeness (QED) is 0.937. The predicted octanol–water partition coefficient (Wildman–Crippen LogP) is 2.40. The second-order valence-corrected chi connectivity index (χ2v) is 5.90. The van der Waals surface area contributed by atoms with Crippen molar-refractivity contribution in [3.8, 4) is 0 Å². The molecule has 2 amide bonds. The highest BCUT2D eigenvalue weighted by atomic mass is 35.5. The third-order valence-corrected chi connectivity index (χ3v) is 4.08. The van der Waals surface area contributed by atoms with Crippen LogP contribution in [-0.4, -0.2) is 23.3 Å². The van der Waals surface area contributed by atoms with Gasteiger partial charge in [-0.05, 0) is 35.9 Å². The van der Waals surface area contributed by atoms with Crippen molar-refractivity contribution in [3.05, 3.63) is 59.4 Å². The van der Waals surface area contributed by atoms with Crippen molar-refractivity contribution >= 4 is 29.1 Å². The summed E-state index contributed by atoms with van der Waals surface area (Å²) in [7, 11) is 0. The van der Waals surface area contributed by atoms with E-state index >= 15 is 0 Å². The van der Waals surface area contributed by atoms with Gasteiger partial charge in [0.1, 0.15) is 0 Å². The molecule has 2 heterocycles. The number of hydrogen-bond acceptors (Lipinski definition) is 3. The number of nitrogens with one attached hydrogen (secondary N) is 1. The topological polar surface area (TPSA) is 62.3 Å². The van der Waals surface area contributed by atoms with Gasteiger partial charge in [-0.2, -0.15) is 0 Å². The summed E-state index contributed by atoms with van der Waals surface area (Å²) in [6.07, 6.45) is 3.62. The first-order chi connectivity index (χ1) is 11.1. The van der Waals surface area contributed by atoms with Crippen LogP contribution in [0, 0.1) is 5.92 Å². The van der Waals surface area contributed by atoms with Gasteiger partial charge >= 0.3 is 0 Å². The molecular weight excluding hydrogens is 314 g/mol. The molecule has 0 spiro atoms. The average molecular weight is 330 g/mol. The number of nitrogens with zero attached hydrogens (tertiary/aromatic N) is 2. The Morgan fingerprint density at radius 3 is 2.78 bits per heavy atom. The molecule has 0 unspecified atom stereocenters. The normalized spacial score (nSPS) is 17.3. The fraction of sp³-hybridized carbons (Fsp3) is 0.235. The second kappa shape index (κ2) is 6.79. The van der Waals surface area contributed by atoms with Gasteiger partial charge < -0.3 is 10.2 Å². The zero-order valence-electron chi connectivity index (χ0n) is 12.4. The van der Waals surface area contributed by atoms with Crippen LogP contribution in [-0.2, 0) is 16.1 Å². The highest BCUT2D eigenvalue weighted by Gasteiger charge is 2.34. The number of benzene rings is 1. The average Bonchev–Trinajstić information content (AvgIpc) is 2.96. The molecule has 6 heteroatoms. The molecule has 1 saturated heterocycles. The number of pyridine rings is 1. The Morgan fingerprint density at radius 1 is 1.30 bits per heavy atom. The van der Waals surface area contributed by atoms with E-state index in [1.54, 1.807) is 41.6 Å². The van der Waals surface area contributed by atoms with Gasteiger partial charge in [0.05, 0.1) is 5.92 Å². The zero-order valence-corrected chi connectivity index (χ0v) is 13.2. The third kappa shape index (κ3) is 3.68. The Kier molecular flexibility index (Phi) is 4.57. The molecule has 0 saturated carbocycles. The van der Waals surface area contributed by atoms with E-state index < -0.39 is 0 Å². The summed E-state index contributed by atoms with van der Waals surface area (Å²) in [5.41, 5.74) is 1.70. The fourth-order valence-corrected chi connectivity index (χ4v) is 2.72. The van der Waals surface area contributed by atoms with Gasteiger partial charge in [0.15, 0.2) is 0 Å². The number of anilines is 1.